The Balaban J connectivity index is 1.73. The number of hydrogen-bond donors (Lipinski definition) is 1. The van der Waals surface area contributed by atoms with Gasteiger partial charge in [-0.2, -0.15) is 5.26 Å². The number of rotatable bonds is 5. The van der Waals surface area contributed by atoms with Crippen molar-refractivity contribution in [2.24, 2.45) is 5.16 Å². The maximum Gasteiger partial charge on any atom is 0.270 e. The summed E-state index contributed by atoms with van der Waals surface area (Å²) in [5, 5.41) is 15.4. The molecular formula is C18H16FN5O3. The fourth-order valence-electron chi connectivity index (χ4n) is 2.52. The number of amides is 1. The number of aryl methyl sites for hydroxylation is 1. The zero-order valence-corrected chi connectivity index (χ0v) is 14.7. The second kappa shape index (κ2) is 7.78. The van der Waals surface area contributed by atoms with Crippen molar-refractivity contribution in [2.45, 2.75) is 26.0 Å². The molecule has 1 atom stereocenters. The number of carbonyl (C=O) groups excluding carboxylic acids is 1. The Morgan fingerprint density at radius 1 is 1.44 bits per heavy atom. The lowest BCUT2D eigenvalue weighted by Gasteiger charge is -2.09. The van der Waals surface area contributed by atoms with Gasteiger partial charge in [0, 0.05) is 13.0 Å². The largest absolute Gasteiger partial charge is 0.494 e. The third-order valence-electron chi connectivity index (χ3n) is 3.85. The van der Waals surface area contributed by atoms with Crippen molar-refractivity contribution < 1.29 is 18.8 Å². The molecule has 1 aromatic carbocycles. The normalized spacial score (nSPS) is 15.5. The number of halogens is 1. The molecule has 1 N–H and O–H groups in total. The number of nitrogens with zero attached hydrogens (tertiary/aromatic N) is 4. The molecule has 0 fully saturated rings. The molecule has 0 saturated carbocycles. The first kappa shape index (κ1) is 18.3. The van der Waals surface area contributed by atoms with Crippen molar-refractivity contribution >= 4 is 11.6 Å². The number of methoxy groups -OCH3 is 1. The predicted octanol–water partition coefficient (Wildman–Crippen LogP) is 1.88. The van der Waals surface area contributed by atoms with E-state index in [4.69, 9.17) is 14.8 Å². The van der Waals surface area contributed by atoms with Gasteiger partial charge in [-0.05, 0) is 30.7 Å². The smallest absolute Gasteiger partial charge is 0.270 e. The van der Waals surface area contributed by atoms with E-state index < -0.39 is 17.8 Å². The Hall–Kier alpha value is -3.54. The Bertz CT molecular complexity index is 954. The minimum atomic E-state index is -0.652. The number of benzene rings is 1. The van der Waals surface area contributed by atoms with Gasteiger partial charge in [0.1, 0.15) is 23.3 Å². The SMILES string of the molecule is COc1cc(CNC(=O)c2cc(C3=NOC(C#N)C3)nc(C)n2)ccc1F. The summed E-state index contributed by atoms with van der Waals surface area (Å²) >= 11 is 0. The minimum Gasteiger partial charge on any atom is -0.494 e. The summed E-state index contributed by atoms with van der Waals surface area (Å²) in [6.45, 7) is 1.83. The predicted molar refractivity (Wildman–Crippen MR) is 92.5 cm³/mol. The fourth-order valence-corrected chi connectivity index (χ4v) is 2.52. The molecule has 1 aliphatic rings. The van der Waals surface area contributed by atoms with Crippen LogP contribution >= 0.6 is 0 Å². The highest BCUT2D eigenvalue weighted by Gasteiger charge is 2.24. The van der Waals surface area contributed by atoms with Gasteiger partial charge >= 0.3 is 0 Å². The molecule has 8 nitrogen and oxygen atoms in total. The standard InChI is InChI=1S/C18H16FN5O3/c1-10-22-14(15-6-12(8-20)27-24-15)7-16(23-10)18(25)21-9-11-3-4-13(19)17(5-11)26-2/h3-5,7,12H,6,9H2,1-2H3,(H,21,25). The van der Waals surface area contributed by atoms with Gasteiger partial charge in [0.05, 0.1) is 12.8 Å². The van der Waals surface area contributed by atoms with Crippen LogP contribution in [0.15, 0.2) is 29.4 Å². The highest BCUT2D eigenvalue weighted by molar-refractivity contribution is 6.02. The second-order valence-corrected chi connectivity index (χ2v) is 5.80. The van der Waals surface area contributed by atoms with Crippen LogP contribution in [0, 0.1) is 24.1 Å². The molecule has 1 unspecified atom stereocenters. The van der Waals surface area contributed by atoms with Crippen LogP contribution in [0.3, 0.4) is 0 Å². The molecule has 27 heavy (non-hydrogen) atoms. The number of oxime groups is 1. The van der Waals surface area contributed by atoms with E-state index in [1.807, 2.05) is 6.07 Å². The molecule has 1 aromatic heterocycles. The van der Waals surface area contributed by atoms with Gasteiger partial charge in [0.15, 0.2) is 11.6 Å². The Kier molecular flexibility index (Phi) is 5.26. The van der Waals surface area contributed by atoms with Crippen LogP contribution in [0.25, 0.3) is 0 Å². The van der Waals surface area contributed by atoms with Crippen LogP contribution in [-0.2, 0) is 11.4 Å². The summed E-state index contributed by atoms with van der Waals surface area (Å²) < 4.78 is 18.4. The third-order valence-corrected chi connectivity index (χ3v) is 3.85. The number of ether oxygens (including phenoxy) is 1. The van der Waals surface area contributed by atoms with Gasteiger partial charge in [-0.3, -0.25) is 4.79 Å². The van der Waals surface area contributed by atoms with Gasteiger partial charge in [0.2, 0.25) is 6.10 Å². The monoisotopic (exact) mass is 369 g/mol. The van der Waals surface area contributed by atoms with Crippen LogP contribution in [-0.4, -0.2) is 34.8 Å². The number of nitriles is 1. The average Bonchev–Trinajstić information content (AvgIpc) is 3.16. The Morgan fingerprint density at radius 3 is 2.96 bits per heavy atom. The second-order valence-electron chi connectivity index (χ2n) is 5.80. The molecule has 1 aliphatic heterocycles. The first-order chi connectivity index (χ1) is 13.0. The highest BCUT2D eigenvalue weighted by Crippen LogP contribution is 2.18. The van der Waals surface area contributed by atoms with Crippen molar-refractivity contribution in [1.29, 1.82) is 5.26 Å². The summed E-state index contributed by atoms with van der Waals surface area (Å²) in [4.78, 5) is 25.8. The minimum absolute atomic E-state index is 0.105. The van der Waals surface area contributed by atoms with Crippen LogP contribution in [0.5, 0.6) is 5.75 Å². The molecule has 0 bridgehead atoms. The van der Waals surface area contributed by atoms with Crippen molar-refractivity contribution in [2.75, 3.05) is 7.11 Å². The van der Waals surface area contributed by atoms with Crippen molar-refractivity contribution in [3.8, 4) is 11.8 Å². The summed E-state index contributed by atoms with van der Waals surface area (Å²) in [5.41, 5.74) is 1.77. The molecule has 1 amide bonds. The van der Waals surface area contributed by atoms with Crippen LogP contribution in [0.1, 0.15) is 34.0 Å². The van der Waals surface area contributed by atoms with Gasteiger partial charge in [0.25, 0.3) is 5.91 Å². The molecule has 138 valence electrons. The lowest BCUT2D eigenvalue weighted by atomic mass is 10.1. The average molecular weight is 369 g/mol. The van der Waals surface area contributed by atoms with Crippen molar-refractivity contribution in [3.63, 3.8) is 0 Å². The first-order valence-corrected chi connectivity index (χ1v) is 8.09. The number of nitrogens with one attached hydrogen (secondary N) is 1. The molecule has 0 spiro atoms. The van der Waals surface area contributed by atoms with Crippen LogP contribution in [0.2, 0.25) is 0 Å². The molecule has 0 radical (unpaired) electrons. The lowest BCUT2D eigenvalue weighted by Crippen LogP contribution is -2.25. The van der Waals surface area contributed by atoms with Gasteiger partial charge in [-0.1, -0.05) is 11.2 Å². The topological polar surface area (TPSA) is 109 Å². The zero-order chi connectivity index (χ0) is 19.4. The molecule has 2 heterocycles. The van der Waals surface area contributed by atoms with E-state index in [0.29, 0.717) is 29.2 Å². The van der Waals surface area contributed by atoms with E-state index in [1.54, 1.807) is 13.0 Å². The molecule has 0 saturated heterocycles. The van der Waals surface area contributed by atoms with E-state index in [1.165, 1.54) is 25.3 Å². The molecule has 3 rings (SSSR count). The molecular weight excluding hydrogens is 353 g/mol. The fraction of sp³-hybridized carbons (Fsp3) is 0.278. The number of hydrogen-bond acceptors (Lipinski definition) is 7. The summed E-state index contributed by atoms with van der Waals surface area (Å²) in [6.07, 6.45) is -0.357. The molecule has 9 heteroatoms. The highest BCUT2D eigenvalue weighted by atomic mass is 19.1. The maximum atomic E-state index is 13.5. The maximum absolute atomic E-state index is 13.5. The third kappa shape index (κ3) is 4.17. The van der Waals surface area contributed by atoms with E-state index >= 15 is 0 Å². The summed E-state index contributed by atoms with van der Waals surface area (Å²) in [5.74, 6) is -0.391. The van der Waals surface area contributed by atoms with E-state index in [0.717, 1.165) is 0 Å². The van der Waals surface area contributed by atoms with Crippen LogP contribution < -0.4 is 10.1 Å². The summed E-state index contributed by atoms with van der Waals surface area (Å²) in [7, 11) is 1.37. The number of aromatic nitrogens is 2. The first-order valence-electron chi connectivity index (χ1n) is 8.09. The number of carbonyl (C=O) groups is 1. The van der Waals surface area contributed by atoms with Crippen molar-refractivity contribution in [1.82, 2.24) is 15.3 Å². The lowest BCUT2D eigenvalue weighted by molar-refractivity contribution is 0.0945. The van der Waals surface area contributed by atoms with E-state index in [-0.39, 0.29) is 18.0 Å². The van der Waals surface area contributed by atoms with E-state index in [9.17, 15) is 9.18 Å². The van der Waals surface area contributed by atoms with Gasteiger partial charge < -0.3 is 14.9 Å². The quantitative estimate of drug-likeness (QED) is 0.862. The van der Waals surface area contributed by atoms with E-state index in [2.05, 4.69) is 20.4 Å². The zero-order valence-electron chi connectivity index (χ0n) is 14.7. The Labute approximate surface area is 154 Å². The van der Waals surface area contributed by atoms with Crippen LogP contribution in [0.4, 0.5) is 4.39 Å². The molecule has 2 aromatic rings. The van der Waals surface area contributed by atoms with Gasteiger partial charge in [-0.15, -0.1) is 0 Å². The summed E-state index contributed by atoms with van der Waals surface area (Å²) in [6, 6.07) is 7.81. The van der Waals surface area contributed by atoms with Gasteiger partial charge in [-0.25, -0.2) is 14.4 Å². The molecule has 0 aliphatic carbocycles. The Morgan fingerprint density at radius 2 is 2.26 bits per heavy atom. The van der Waals surface area contributed by atoms with Crippen molar-refractivity contribution in [3.05, 3.63) is 52.9 Å².